The first-order valence-corrected chi connectivity index (χ1v) is 6.36. The van der Waals surface area contributed by atoms with Crippen LogP contribution in [0.15, 0.2) is 30.5 Å². The highest BCUT2D eigenvalue weighted by Gasteiger charge is 2.52. The molecule has 0 spiro atoms. The fraction of sp³-hybridized carbons (Fsp3) is 0.286. The van der Waals surface area contributed by atoms with Crippen LogP contribution in [0, 0.1) is 0 Å². The van der Waals surface area contributed by atoms with Gasteiger partial charge in [0, 0.05) is 0 Å². The molecule has 2 aromatic rings. The van der Waals surface area contributed by atoms with Gasteiger partial charge in [-0.25, -0.2) is 9.78 Å². The number of aromatic nitrogens is 2. The number of fused-ring (bicyclic) bond motifs is 1. The van der Waals surface area contributed by atoms with Gasteiger partial charge in [0.05, 0.1) is 23.8 Å². The Morgan fingerprint density at radius 2 is 2.05 bits per heavy atom. The average Bonchev–Trinajstić information content (AvgIpc) is 3.22. The topological polar surface area (TPSA) is 108 Å². The van der Waals surface area contributed by atoms with Crippen molar-refractivity contribution in [3.05, 3.63) is 36.2 Å². The van der Waals surface area contributed by atoms with Gasteiger partial charge in [0.2, 0.25) is 6.10 Å². The van der Waals surface area contributed by atoms with Crippen LogP contribution < -0.4 is 5.73 Å². The van der Waals surface area contributed by atoms with Gasteiger partial charge in [-0.15, -0.1) is 0 Å². The van der Waals surface area contributed by atoms with E-state index >= 15 is 0 Å². The molecule has 1 aromatic heterocycles. The van der Waals surface area contributed by atoms with Gasteiger partial charge in [-0.3, -0.25) is 9.78 Å². The van der Waals surface area contributed by atoms with E-state index in [2.05, 4.69) is 9.97 Å². The molecule has 21 heavy (non-hydrogen) atoms. The van der Waals surface area contributed by atoms with Crippen molar-refractivity contribution < 1.29 is 19.1 Å². The van der Waals surface area contributed by atoms with Gasteiger partial charge in [0.25, 0.3) is 5.91 Å². The van der Waals surface area contributed by atoms with Crippen LogP contribution in [0.3, 0.4) is 0 Å². The third-order valence-corrected chi connectivity index (χ3v) is 3.30. The van der Waals surface area contributed by atoms with Crippen molar-refractivity contribution in [2.24, 2.45) is 5.73 Å². The van der Waals surface area contributed by atoms with E-state index in [4.69, 9.17) is 15.2 Å². The maximum Gasteiger partial charge on any atom is 0.359 e. The molecule has 1 saturated heterocycles. The zero-order valence-corrected chi connectivity index (χ0v) is 11.3. The highest BCUT2D eigenvalue weighted by atomic mass is 16.6. The van der Waals surface area contributed by atoms with E-state index in [-0.39, 0.29) is 5.69 Å². The van der Waals surface area contributed by atoms with Gasteiger partial charge in [-0.2, -0.15) is 0 Å². The van der Waals surface area contributed by atoms with Crippen molar-refractivity contribution in [1.29, 1.82) is 0 Å². The molecule has 1 aliphatic heterocycles. The van der Waals surface area contributed by atoms with Crippen molar-refractivity contribution in [2.45, 2.75) is 18.6 Å². The summed E-state index contributed by atoms with van der Waals surface area (Å²) in [6.07, 6.45) is 0.164. The lowest BCUT2D eigenvalue weighted by Crippen LogP contribution is -2.43. The fourth-order valence-electron chi connectivity index (χ4n) is 1.97. The molecule has 2 atom stereocenters. The quantitative estimate of drug-likeness (QED) is 0.645. The number of rotatable bonds is 4. The van der Waals surface area contributed by atoms with Gasteiger partial charge in [0.15, 0.2) is 5.69 Å². The molecule has 0 aliphatic carbocycles. The zero-order valence-electron chi connectivity index (χ0n) is 11.3. The summed E-state index contributed by atoms with van der Waals surface area (Å²) in [5.74, 6) is -1.51. The number of hydrogen-bond acceptors (Lipinski definition) is 6. The highest BCUT2D eigenvalue weighted by Crippen LogP contribution is 2.32. The number of esters is 1. The molecule has 2 N–H and O–H groups in total. The highest BCUT2D eigenvalue weighted by molar-refractivity contribution is 5.92. The summed E-state index contributed by atoms with van der Waals surface area (Å²) in [5, 5.41) is 0. The Balaban J connectivity index is 1.84. The predicted octanol–water partition coefficient (Wildman–Crippen LogP) is 0.429. The summed E-state index contributed by atoms with van der Waals surface area (Å²) in [6, 6.07) is 7.12. The Bertz CT molecular complexity index is 727. The molecule has 7 heteroatoms. The molecule has 0 bridgehead atoms. The van der Waals surface area contributed by atoms with Gasteiger partial charge < -0.3 is 15.2 Å². The molecule has 1 amide bonds. The second-order valence-corrected chi connectivity index (χ2v) is 5.03. The van der Waals surface area contributed by atoms with Crippen LogP contribution >= 0.6 is 0 Å². The molecule has 1 fully saturated rings. The summed E-state index contributed by atoms with van der Waals surface area (Å²) in [4.78, 5) is 31.8. The van der Waals surface area contributed by atoms with E-state index in [1.807, 2.05) is 6.07 Å². The Labute approximate surface area is 120 Å². The SMILES string of the molecule is C[C@@]1([C@H](OC(=O)c2cnc3ccccc3n2)C(N)=O)CO1. The summed E-state index contributed by atoms with van der Waals surface area (Å²) < 4.78 is 10.2. The normalized spacial score (nSPS) is 21.8. The summed E-state index contributed by atoms with van der Waals surface area (Å²) in [6.45, 7) is 1.97. The first-order valence-electron chi connectivity index (χ1n) is 6.36. The second kappa shape index (κ2) is 4.78. The molecule has 1 aliphatic rings. The lowest BCUT2D eigenvalue weighted by molar-refractivity contribution is -0.129. The molecule has 3 rings (SSSR count). The zero-order chi connectivity index (χ0) is 15.0. The molecular weight excluding hydrogens is 274 g/mol. The van der Waals surface area contributed by atoms with Gasteiger partial charge in [0.1, 0.15) is 5.60 Å². The lowest BCUT2D eigenvalue weighted by Gasteiger charge is -2.17. The van der Waals surface area contributed by atoms with Crippen molar-refractivity contribution >= 4 is 22.9 Å². The molecule has 1 aromatic carbocycles. The lowest BCUT2D eigenvalue weighted by atomic mass is 10.1. The number of carbonyl (C=O) groups is 2. The number of para-hydroxylation sites is 2. The molecule has 108 valence electrons. The van der Waals surface area contributed by atoms with Crippen molar-refractivity contribution in [2.75, 3.05) is 6.61 Å². The largest absolute Gasteiger partial charge is 0.444 e. The molecular formula is C14H13N3O4. The Morgan fingerprint density at radius 3 is 2.67 bits per heavy atom. The van der Waals surface area contributed by atoms with Gasteiger partial charge in [-0.05, 0) is 19.1 Å². The molecule has 0 unspecified atom stereocenters. The van der Waals surface area contributed by atoms with Crippen molar-refractivity contribution in [3.8, 4) is 0 Å². The predicted molar refractivity (Wildman–Crippen MR) is 72.3 cm³/mol. The van der Waals surface area contributed by atoms with Crippen LogP contribution in [0.1, 0.15) is 17.4 Å². The van der Waals surface area contributed by atoms with Crippen LogP contribution in [0.4, 0.5) is 0 Å². The minimum Gasteiger partial charge on any atom is -0.444 e. The number of epoxide rings is 1. The van der Waals surface area contributed by atoms with E-state index in [9.17, 15) is 9.59 Å². The fourth-order valence-corrected chi connectivity index (χ4v) is 1.97. The summed E-state index contributed by atoms with van der Waals surface area (Å²) >= 11 is 0. The van der Waals surface area contributed by atoms with E-state index in [1.54, 1.807) is 25.1 Å². The number of ether oxygens (including phenoxy) is 2. The maximum absolute atomic E-state index is 12.1. The summed E-state index contributed by atoms with van der Waals surface area (Å²) in [5.41, 5.74) is 5.65. The number of hydrogen-bond donors (Lipinski definition) is 1. The number of carbonyl (C=O) groups excluding carboxylic acids is 2. The van der Waals surface area contributed by atoms with E-state index in [0.29, 0.717) is 17.6 Å². The maximum atomic E-state index is 12.1. The monoisotopic (exact) mass is 287 g/mol. The van der Waals surface area contributed by atoms with Crippen LogP contribution in [-0.4, -0.2) is 40.2 Å². The number of benzene rings is 1. The third kappa shape index (κ3) is 2.55. The molecule has 7 nitrogen and oxygen atoms in total. The standard InChI is InChI=1S/C14H13N3O4/c1-14(7-20-14)11(12(15)18)21-13(19)10-6-16-8-4-2-3-5-9(8)17-10/h2-6,11H,7H2,1H3,(H2,15,18)/t11-,14+/m1/s1. The Morgan fingerprint density at radius 1 is 1.38 bits per heavy atom. The van der Waals surface area contributed by atoms with Crippen LogP contribution in [0.25, 0.3) is 11.0 Å². The van der Waals surface area contributed by atoms with Crippen molar-refractivity contribution in [3.63, 3.8) is 0 Å². The van der Waals surface area contributed by atoms with E-state index in [1.165, 1.54) is 6.20 Å². The minimum atomic E-state index is -1.14. The van der Waals surface area contributed by atoms with Crippen LogP contribution in [0.5, 0.6) is 0 Å². The van der Waals surface area contributed by atoms with E-state index < -0.39 is 23.6 Å². The number of nitrogens with two attached hydrogens (primary N) is 1. The minimum absolute atomic E-state index is 0.0178. The third-order valence-electron chi connectivity index (χ3n) is 3.30. The molecule has 2 heterocycles. The number of nitrogens with zero attached hydrogens (tertiary/aromatic N) is 2. The van der Waals surface area contributed by atoms with Gasteiger partial charge >= 0.3 is 5.97 Å². The summed E-state index contributed by atoms with van der Waals surface area (Å²) in [7, 11) is 0. The smallest absolute Gasteiger partial charge is 0.359 e. The Kier molecular flexibility index (Phi) is 3.06. The molecule has 0 saturated carbocycles. The van der Waals surface area contributed by atoms with E-state index in [0.717, 1.165) is 0 Å². The number of primary amides is 1. The number of amides is 1. The average molecular weight is 287 g/mol. The molecule has 0 radical (unpaired) electrons. The first kappa shape index (κ1) is 13.4. The second-order valence-electron chi connectivity index (χ2n) is 5.03. The first-order chi connectivity index (χ1) is 9.99. The van der Waals surface area contributed by atoms with Crippen LogP contribution in [-0.2, 0) is 14.3 Å². The Hall–Kier alpha value is -2.54. The van der Waals surface area contributed by atoms with Crippen LogP contribution in [0.2, 0.25) is 0 Å². The van der Waals surface area contributed by atoms with Gasteiger partial charge in [-0.1, -0.05) is 12.1 Å². The van der Waals surface area contributed by atoms with Crippen molar-refractivity contribution in [1.82, 2.24) is 9.97 Å².